The van der Waals surface area contributed by atoms with Gasteiger partial charge in [-0.1, -0.05) is 12.1 Å². The molecule has 0 saturated heterocycles. The highest BCUT2D eigenvalue weighted by Gasteiger charge is 2.09. The average Bonchev–Trinajstić information content (AvgIpc) is 2.36. The van der Waals surface area contributed by atoms with Crippen LogP contribution in [0, 0.1) is 0 Å². The van der Waals surface area contributed by atoms with Crippen molar-refractivity contribution in [3.05, 3.63) is 42.2 Å². The molecule has 2 N–H and O–H groups in total. The maximum absolute atomic E-state index is 9.49. The summed E-state index contributed by atoms with van der Waals surface area (Å²) in [7, 11) is 0. The van der Waals surface area contributed by atoms with Crippen LogP contribution in [0.25, 0.3) is 11.4 Å². The maximum atomic E-state index is 9.49. The van der Waals surface area contributed by atoms with Gasteiger partial charge in [0.15, 0.2) is 5.82 Å². The zero-order valence-corrected chi connectivity index (χ0v) is 11.5. The number of nitrogens with zero attached hydrogens (tertiary/aromatic N) is 2. The van der Waals surface area contributed by atoms with Crippen molar-refractivity contribution >= 4 is 0 Å². The van der Waals surface area contributed by atoms with Gasteiger partial charge >= 0.3 is 0 Å². The Morgan fingerprint density at radius 2 is 2.00 bits per heavy atom. The number of aromatic nitrogens is 2. The molecule has 100 valence electrons. The first-order valence-electron chi connectivity index (χ1n) is 6.30. The van der Waals surface area contributed by atoms with E-state index in [1.54, 1.807) is 24.4 Å². The van der Waals surface area contributed by atoms with Crippen molar-refractivity contribution in [2.24, 2.45) is 0 Å². The Hall–Kier alpha value is -1.94. The molecule has 2 rings (SSSR count). The second kappa shape index (κ2) is 5.36. The van der Waals surface area contributed by atoms with Crippen LogP contribution in [0.15, 0.2) is 36.5 Å². The summed E-state index contributed by atoms with van der Waals surface area (Å²) in [6.07, 6.45) is 1.74. The Kier molecular flexibility index (Phi) is 3.81. The zero-order valence-electron chi connectivity index (χ0n) is 11.5. The summed E-state index contributed by atoms with van der Waals surface area (Å²) in [5, 5.41) is 12.9. The number of benzene rings is 1. The van der Waals surface area contributed by atoms with E-state index in [4.69, 9.17) is 0 Å². The fraction of sp³-hybridized carbons (Fsp3) is 0.333. The highest BCUT2D eigenvalue weighted by Crippen LogP contribution is 2.19. The zero-order chi connectivity index (χ0) is 13.9. The van der Waals surface area contributed by atoms with Crippen LogP contribution in [0.2, 0.25) is 0 Å². The molecule has 1 heterocycles. The lowest BCUT2D eigenvalue weighted by atomic mass is 10.1. The fourth-order valence-corrected chi connectivity index (χ4v) is 1.63. The Labute approximate surface area is 113 Å². The van der Waals surface area contributed by atoms with E-state index in [1.165, 1.54) is 0 Å². The van der Waals surface area contributed by atoms with E-state index in [0.717, 1.165) is 11.3 Å². The second-order valence-corrected chi connectivity index (χ2v) is 5.53. The van der Waals surface area contributed by atoms with Crippen molar-refractivity contribution in [1.29, 1.82) is 0 Å². The quantitative estimate of drug-likeness (QED) is 0.887. The smallest absolute Gasteiger partial charge is 0.159 e. The summed E-state index contributed by atoms with van der Waals surface area (Å²) >= 11 is 0. The van der Waals surface area contributed by atoms with Crippen LogP contribution < -0.4 is 5.32 Å². The fourth-order valence-electron chi connectivity index (χ4n) is 1.63. The van der Waals surface area contributed by atoms with Crippen LogP contribution in [0.4, 0.5) is 0 Å². The normalized spacial score (nSPS) is 11.5. The molecule has 4 nitrogen and oxygen atoms in total. The number of phenols is 1. The van der Waals surface area contributed by atoms with Gasteiger partial charge in [0, 0.05) is 23.8 Å². The lowest BCUT2D eigenvalue weighted by molar-refractivity contribution is 0.421. The minimum absolute atomic E-state index is 0.0517. The van der Waals surface area contributed by atoms with Gasteiger partial charge in [0.1, 0.15) is 5.75 Å². The molecule has 0 aliphatic heterocycles. The lowest BCUT2D eigenvalue weighted by Crippen LogP contribution is -2.35. The Morgan fingerprint density at radius 3 is 2.68 bits per heavy atom. The third-order valence-corrected chi connectivity index (χ3v) is 2.62. The molecule has 4 heteroatoms. The van der Waals surface area contributed by atoms with E-state index in [0.29, 0.717) is 12.4 Å². The van der Waals surface area contributed by atoms with Gasteiger partial charge in [-0.05, 0) is 39.0 Å². The standard InChI is InChI=1S/C15H19N3O/c1-15(2,3)17-10-12-7-8-16-14(18-12)11-5-4-6-13(19)9-11/h4-9,17,19H,10H2,1-3H3. The Balaban J connectivity index is 2.20. The minimum Gasteiger partial charge on any atom is -0.508 e. The first kappa shape index (κ1) is 13.5. The van der Waals surface area contributed by atoms with Gasteiger partial charge in [-0.2, -0.15) is 0 Å². The van der Waals surface area contributed by atoms with Gasteiger partial charge in [0.25, 0.3) is 0 Å². The van der Waals surface area contributed by atoms with Crippen molar-refractivity contribution < 1.29 is 5.11 Å². The molecule has 0 spiro atoms. The molecule has 0 saturated carbocycles. The van der Waals surface area contributed by atoms with E-state index in [-0.39, 0.29) is 11.3 Å². The topological polar surface area (TPSA) is 58.0 Å². The van der Waals surface area contributed by atoms with Gasteiger partial charge in [-0.3, -0.25) is 0 Å². The highest BCUT2D eigenvalue weighted by atomic mass is 16.3. The van der Waals surface area contributed by atoms with Gasteiger partial charge in [-0.25, -0.2) is 9.97 Å². The van der Waals surface area contributed by atoms with Crippen LogP contribution in [-0.4, -0.2) is 20.6 Å². The monoisotopic (exact) mass is 257 g/mol. The highest BCUT2D eigenvalue weighted by molar-refractivity contribution is 5.57. The molecule has 0 atom stereocenters. The Morgan fingerprint density at radius 1 is 1.21 bits per heavy atom. The molecule has 0 amide bonds. The summed E-state index contributed by atoms with van der Waals surface area (Å²) in [6.45, 7) is 7.04. The van der Waals surface area contributed by atoms with Crippen LogP contribution in [0.1, 0.15) is 26.5 Å². The van der Waals surface area contributed by atoms with E-state index in [9.17, 15) is 5.11 Å². The molecule has 0 aliphatic rings. The summed E-state index contributed by atoms with van der Waals surface area (Å²) in [4.78, 5) is 8.75. The van der Waals surface area contributed by atoms with Gasteiger partial charge in [-0.15, -0.1) is 0 Å². The molecule has 1 aromatic heterocycles. The van der Waals surface area contributed by atoms with Crippen molar-refractivity contribution in [2.75, 3.05) is 0 Å². The predicted molar refractivity (Wildman–Crippen MR) is 75.7 cm³/mol. The third-order valence-electron chi connectivity index (χ3n) is 2.62. The molecule has 0 unspecified atom stereocenters. The van der Waals surface area contributed by atoms with E-state index in [2.05, 4.69) is 36.1 Å². The largest absolute Gasteiger partial charge is 0.508 e. The van der Waals surface area contributed by atoms with Crippen molar-refractivity contribution in [1.82, 2.24) is 15.3 Å². The van der Waals surface area contributed by atoms with Crippen molar-refractivity contribution in [3.63, 3.8) is 0 Å². The summed E-state index contributed by atoms with van der Waals surface area (Å²) in [5.74, 6) is 0.850. The van der Waals surface area contributed by atoms with Crippen LogP contribution in [-0.2, 0) is 6.54 Å². The molecule has 0 aliphatic carbocycles. The first-order chi connectivity index (χ1) is 8.94. The minimum atomic E-state index is 0.0517. The van der Waals surface area contributed by atoms with Gasteiger partial charge in [0.05, 0.1) is 5.69 Å². The van der Waals surface area contributed by atoms with E-state index in [1.807, 2.05) is 12.1 Å². The molecule has 0 fully saturated rings. The van der Waals surface area contributed by atoms with Gasteiger partial charge in [0.2, 0.25) is 0 Å². The van der Waals surface area contributed by atoms with E-state index < -0.39 is 0 Å². The molecular formula is C15H19N3O. The maximum Gasteiger partial charge on any atom is 0.159 e. The number of hydrogen-bond donors (Lipinski definition) is 2. The number of aromatic hydroxyl groups is 1. The average molecular weight is 257 g/mol. The molecule has 19 heavy (non-hydrogen) atoms. The van der Waals surface area contributed by atoms with E-state index >= 15 is 0 Å². The van der Waals surface area contributed by atoms with Crippen LogP contribution in [0.3, 0.4) is 0 Å². The number of rotatable bonds is 3. The molecule has 2 aromatic rings. The summed E-state index contributed by atoms with van der Waals surface area (Å²) in [5.41, 5.74) is 1.80. The third kappa shape index (κ3) is 4.03. The molecule has 1 aromatic carbocycles. The Bertz CT molecular complexity index is 561. The van der Waals surface area contributed by atoms with Crippen LogP contribution >= 0.6 is 0 Å². The van der Waals surface area contributed by atoms with Crippen LogP contribution in [0.5, 0.6) is 5.75 Å². The van der Waals surface area contributed by atoms with Crippen molar-refractivity contribution in [3.8, 4) is 17.1 Å². The summed E-state index contributed by atoms with van der Waals surface area (Å²) < 4.78 is 0. The SMILES string of the molecule is CC(C)(C)NCc1ccnc(-c2cccc(O)c2)n1. The second-order valence-electron chi connectivity index (χ2n) is 5.53. The lowest BCUT2D eigenvalue weighted by Gasteiger charge is -2.20. The first-order valence-corrected chi connectivity index (χ1v) is 6.30. The number of hydrogen-bond acceptors (Lipinski definition) is 4. The van der Waals surface area contributed by atoms with Crippen molar-refractivity contribution in [2.45, 2.75) is 32.9 Å². The molecular weight excluding hydrogens is 238 g/mol. The molecule has 0 radical (unpaired) electrons. The molecule has 0 bridgehead atoms. The number of phenolic OH excluding ortho intramolecular Hbond substituents is 1. The summed E-state index contributed by atoms with van der Waals surface area (Å²) in [6, 6.07) is 8.86. The van der Waals surface area contributed by atoms with Gasteiger partial charge < -0.3 is 10.4 Å². The predicted octanol–water partition coefficient (Wildman–Crippen LogP) is 2.74. The number of nitrogens with one attached hydrogen (secondary N) is 1.